The molecule has 2 heterocycles. The van der Waals surface area contributed by atoms with Crippen molar-refractivity contribution < 1.29 is 9.32 Å². The zero-order valence-corrected chi connectivity index (χ0v) is 11.4. The molecule has 0 unspecified atom stereocenters. The van der Waals surface area contributed by atoms with Crippen LogP contribution in [0, 0.1) is 0 Å². The van der Waals surface area contributed by atoms with E-state index in [9.17, 15) is 4.79 Å². The summed E-state index contributed by atoms with van der Waals surface area (Å²) in [5.41, 5.74) is -0.124. The monoisotopic (exact) mass is 252 g/mol. The molecular weight excluding hydrogens is 232 g/mol. The third-order valence-corrected chi connectivity index (χ3v) is 3.09. The molecule has 1 fully saturated rings. The zero-order chi connectivity index (χ0) is 13.3. The van der Waals surface area contributed by atoms with E-state index >= 15 is 0 Å². The molecule has 6 nitrogen and oxygen atoms in total. The first-order chi connectivity index (χ1) is 8.38. The molecule has 0 aliphatic carbocycles. The summed E-state index contributed by atoms with van der Waals surface area (Å²) in [5, 5.41) is 6.81. The van der Waals surface area contributed by atoms with E-state index in [1.165, 1.54) is 0 Å². The fourth-order valence-electron chi connectivity index (χ4n) is 1.85. The third kappa shape index (κ3) is 2.69. The average Bonchev–Trinajstić information content (AvgIpc) is 2.77. The molecule has 18 heavy (non-hydrogen) atoms. The predicted molar refractivity (Wildman–Crippen MR) is 66.0 cm³/mol. The topological polar surface area (TPSA) is 71.3 Å². The molecule has 0 bridgehead atoms. The maximum Gasteiger partial charge on any atom is 0.243 e. The van der Waals surface area contributed by atoms with Crippen molar-refractivity contribution in [1.82, 2.24) is 20.4 Å². The van der Waals surface area contributed by atoms with E-state index in [4.69, 9.17) is 4.52 Å². The highest BCUT2D eigenvalue weighted by molar-refractivity contribution is 5.78. The molecule has 0 radical (unpaired) electrons. The standard InChI is InChI=1S/C12H20N4O2/c1-8(16-6-5-13-9(17)7-16)10-14-11(15-18-10)12(2,3)4/h8H,5-7H2,1-4H3,(H,13,17)/t8-/m0/s1. The molecule has 1 saturated heterocycles. The number of piperazine rings is 1. The Bertz CT molecular complexity index is 436. The van der Waals surface area contributed by atoms with Gasteiger partial charge in [0.1, 0.15) is 0 Å². The van der Waals surface area contributed by atoms with E-state index in [0.717, 1.165) is 6.54 Å². The van der Waals surface area contributed by atoms with E-state index < -0.39 is 0 Å². The number of nitrogens with one attached hydrogen (secondary N) is 1. The Balaban J connectivity index is 2.11. The van der Waals surface area contributed by atoms with Gasteiger partial charge in [0, 0.05) is 18.5 Å². The fraction of sp³-hybridized carbons (Fsp3) is 0.750. The van der Waals surface area contributed by atoms with Crippen molar-refractivity contribution in [2.24, 2.45) is 0 Å². The van der Waals surface area contributed by atoms with E-state index in [-0.39, 0.29) is 17.4 Å². The van der Waals surface area contributed by atoms with Gasteiger partial charge >= 0.3 is 0 Å². The lowest BCUT2D eigenvalue weighted by atomic mass is 9.96. The van der Waals surface area contributed by atoms with Crippen LogP contribution in [-0.2, 0) is 10.2 Å². The summed E-state index contributed by atoms with van der Waals surface area (Å²) in [6.45, 7) is 9.97. The van der Waals surface area contributed by atoms with Gasteiger partial charge in [-0.05, 0) is 6.92 Å². The van der Waals surface area contributed by atoms with Crippen LogP contribution in [0.2, 0.25) is 0 Å². The molecular formula is C12H20N4O2. The van der Waals surface area contributed by atoms with Crippen molar-refractivity contribution in [1.29, 1.82) is 0 Å². The summed E-state index contributed by atoms with van der Waals surface area (Å²) in [7, 11) is 0. The summed E-state index contributed by atoms with van der Waals surface area (Å²) in [6.07, 6.45) is 0. The zero-order valence-electron chi connectivity index (χ0n) is 11.4. The van der Waals surface area contributed by atoms with Gasteiger partial charge in [-0.25, -0.2) is 0 Å². The minimum absolute atomic E-state index is 0.0281. The molecule has 6 heteroatoms. The lowest BCUT2D eigenvalue weighted by Crippen LogP contribution is -2.48. The first-order valence-electron chi connectivity index (χ1n) is 6.23. The highest BCUT2D eigenvalue weighted by Crippen LogP contribution is 2.23. The van der Waals surface area contributed by atoms with Crippen LogP contribution in [0.3, 0.4) is 0 Å². The fourth-order valence-corrected chi connectivity index (χ4v) is 1.85. The van der Waals surface area contributed by atoms with Gasteiger partial charge in [-0.2, -0.15) is 4.98 Å². The Morgan fingerprint density at radius 1 is 1.44 bits per heavy atom. The summed E-state index contributed by atoms with van der Waals surface area (Å²) < 4.78 is 5.31. The van der Waals surface area contributed by atoms with Gasteiger partial charge in [0.05, 0.1) is 12.6 Å². The van der Waals surface area contributed by atoms with Crippen molar-refractivity contribution in [2.75, 3.05) is 19.6 Å². The van der Waals surface area contributed by atoms with Gasteiger partial charge in [-0.3, -0.25) is 9.69 Å². The van der Waals surface area contributed by atoms with Crippen LogP contribution in [0.5, 0.6) is 0 Å². The maximum absolute atomic E-state index is 11.4. The number of hydrogen-bond acceptors (Lipinski definition) is 5. The van der Waals surface area contributed by atoms with Crippen LogP contribution in [-0.4, -0.2) is 40.6 Å². The molecule has 0 saturated carbocycles. The van der Waals surface area contributed by atoms with Gasteiger partial charge in [0.15, 0.2) is 5.82 Å². The molecule has 1 aromatic heterocycles. The van der Waals surface area contributed by atoms with Crippen LogP contribution in [0.1, 0.15) is 45.5 Å². The van der Waals surface area contributed by atoms with Gasteiger partial charge in [0.2, 0.25) is 11.8 Å². The first kappa shape index (κ1) is 13.0. The van der Waals surface area contributed by atoms with Crippen LogP contribution >= 0.6 is 0 Å². The van der Waals surface area contributed by atoms with E-state index in [1.54, 1.807) is 0 Å². The molecule has 1 amide bonds. The van der Waals surface area contributed by atoms with Gasteiger partial charge in [0.25, 0.3) is 0 Å². The van der Waals surface area contributed by atoms with Crippen molar-refractivity contribution >= 4 is 5.91 Å². The second-order valence-electron chi connectivity index (χ2n) is 5.70. The minimum atomic E-state index is -0.124. The quantitative estimate of drug-likeness (QED) is 0.845. The SMILES string of the molecule is C[C@@H](c1nc(C(C)(C)C)no1)N1CCNC(=O)C1. The summed E-state index contributed by atoms with van der Waals surface area (Å²) >= 11 is 0. The van der Waals surface area contributed by atoms with Crippen LogP contribution in [0.15, 0.2) is 4.52 Å². The number of carbonyl (C=O) groups is 1. The molecule has 1 N–H and O–H groups in total. The summed E-state index contributed by atoms with van der Waals surface area (Å²) in [5.74, 6) is 1.32. The highest BCUT2D eigenvalue weighted by Gasteiger charge is 2.28. The van der Waals surface area contributed by atoms with Crippen molar-refractivity contribution in [3.8, 4) is 0 Å². The summed E-state index contributed by atoms with van der Waals surface area (Å²) in [6, 6.07) is -0.0281. The molecule has 100 valence electrons. The molecule has 1 atom stereocenters. The molecule has 0 spiro atoms. The Morgan fingerprint density at radius 3 is 2.72 bits per heavy atom. The normalized spacial score (nSPS) is 19.7. The maximum atomic E-state index is 11.4. The Kier molecular flexibility index (Phi) is 3.38. The van der Waals surface area contributed by atoms with E-state index in [0.29, 0.717) is 24.8 Å². The smallest absolute Gasteiger partial charge is 0.243 e. The highest BCUT2D eigenvalue weighted by atomic mass is 16.5. The number of hydrogen-bond donors (Lipinski definition) is 1. The summed E-state index contributed by atoms with van der Waals surface area (Å²) in [4.78, 5) is 17.8. The van der Waals surface area contributed by atoms with E-state index in [2.05, 4.69) is 15.5 Å². The van der Waals surface area contributed by atoms with Crippen LogP contribution in [0.25, 0.3) is 0 Å². The van der Waals surface area contributed by atoms with E-state index in [1.807, 2.05) is 32.6 Å². The second-order valence-corrected chi connectivity index (χ2v) is 5.70. The lowest BCUT2D eigenvalue weighted by Gasteiger charge is -2.29. The lowest BCUT2D eigenvalue weighted by molar-refractivity contribution is -0.125. The number of nitrogens with zero attached hydrogens (tertiary/aromatic N) is 3. The second kappa shape index (κ2) is 4.68. The Morgan fingerprint density at radius 2 is 2.17 bits per heavy atom. The molecule has 1 aliphatic heterocycles. The molecule has 2 rings (SSSR count). The van der Waals surface area contributed by atoms with Gasteiger partial charge < -0.3 is 9.84 Å². The minimum Gasteiger partial charge on any atom is -0.354 e. The number of amides is 1. The molecule has 1 aliphatic rings. The number of aromatic nitrogens is 2. The molecule has 1 aromatic rings. The third-order valence-electron chi connectivity index (χ3n) is 3.09. The Hall–Kier alpha value is -1.43. The molecule has 0 aromatic carbocycles. The van der Waals surface area contributed by atoms with Crippen molar-refractivity contribution in [2.45, 2.75) is 39.2 Å². The predicted octanol–water partition coefficient (Wildman–Crippen LogP) is 0.860. The van der Waals surface area contributed by atoms with Crippen LogP contribution < -0.4 is 5.32 Å². The van der Waals surface area contributed by atoms with Crippen LogP contribution in [0.4, 0.5) is 0 Å². The van der Waals surface area contributed by atoms with Crippen molar-refractivity contribution in [3.05, 3.63) is 11.7 Å². The number of rotatable bonds is 2. The first-order valence-corrected chi connectivity index (χ1v) is 6.23. The van der Waals surface area contributed by atoms with Gasteiger partial charge in [-0.15, -0.1) is 0 Å². The van der Waals surface area contributed by atoms with Crippen molar-refractivity contribution in [3.63, 3.8) is 0 Å². The van der Waals surface area contributed by atoms with Gasteiger partial charge in [-0.1, -0.05) is 25.9 Å². The Labute approximate surface area is 107 Å². The largest absolute Gasteiger partial charge is 0.354 e. The average molecular weight is 252 g/mol. The number of carbonyl (C=O) groups excluding carboxylic acids is 1.